The normalized spacial score (nSPS) is 27.7. The Balaban J connectivity index is 1.54. The van der Waals surface area contributed by atoms with Gasteiger partial charge in [0, 0.05) is 16.9 Å². The van der Waals surface area contributed by atoms with E-state index in [2.05, 4.69) is 10.9 Å². The minimum atomic E-state index is -1.17. The second-order valence-corrected chi connectivity index (χ2v) is 6.98. The van der Waals surface area contributed by atoms with Crippen LogP contribution in [0.3, 0.4) is 0 Å². The molecule has 0 unspecified atom stereocenters. The van der Waals surface area contributed by atoms with E-state index in [1.54, 1.807) is 24.3 Å². The van der Waals surface area contributed by atoms with E-state index >= 15 is 0 Å². The summed E-state index contributed by atoms with van der Waals surface area (Å²) in [6.07, 6.45) is 2.52. The molecule has 2 aliphatic rings. The highest BCUT2D eigenvalue weighted by Gasteiger charge is 2.51. The third-order valence-corrected chi connectivity index (χ3v) is 5.35. The topological polar surface area (TPSA) is 98.3 Å². The smallest absolute Gasteiger partial charge is 0.242 e. The van der Waals surface area contributed by atoms with Crippen LogP contribution in [-0.4, -0.2) is 17.8 Å². The van der Waals surface area contributed by atoms with E-state index in [4.69, 9.17) is 11.6 Å². The molecule has 7 heteroatoms. The van der Waals surface area contributed by atoms with Crippen LogP contribution >= 0.6 is 11.6 Å². The van der Waals surface area contributed by atoms with Crippen molar-refractivity contribution in [1.29, 1.82) is 0 Å². The molecule has 1 aromatic carbocycles. The molecule has 4 atom stereocenters. The number of carbonyl (C=O) groups excluding carboxylic acids is 3. The molecule has 3 rings (SSSR count). The van der Waals surface area contributed by atoms with Gasteiger partial charge in [0.25, 0.3) is 0 Å². The van der Waals surface area contributed by atoms with E-state index < -0.39 is 23.7 Å². The van der Waals surface area contributed by atoms with E-state index in [9.17, 15) is 19.5 Å². The zero-order valence-corrected chi connectivity index (χ0v) is 13.7. The monoisotopic (exact) mass is 349 g/mol. The van der Waals surface area contributed by atoms with Crippen LogP contribution in [0.4, 0.5) is 0 Å². The highest BCUT2D eigenvalue weighted by Crippen LogP contribution is 2.52. The van der Waals surface area contributed by atoms with Crippen LogP contribution in [0, 0.1) is 23.7 Å². The Morgan fingerprint density at radius 2 is 1.67 bits per heavy atom. The second kappa shape index (κ2) is 6.81. The van der Waals surface area contributed by atoms with Crippen molar-refractivity contribution in [3.05, 3.63) is 34.9 Å². The van der Waals surface area contributed by atoms with E-state index in [-0.39, 0.29) is 24.2 Å². The summed E-state index contributed by atoms with van der Waals surface area (Å²) in [5, 5.41) is 11.9. The lowest BCUT2D eigenvalue weighted by atomic mass is 9.79. The van der Waals surface area contributed by atoms with Crippen LogP contribution in [0.15, 0.2) is 24.3 Å². The van der Waals surface area contributed by atoms with Crippen molar-refractivity contribution >= 4 is 29.4 Å². The number of rotatable bonds is 4. The van der Waals surface area contributed by atoms with E-state index in [0.717, 1.165) is 24.8 Å². The predicted octanol–water partition coefficient (Wildman–Crippen LogP) is 0.442. The maximum absolute atomic E-state index is 12.3. The fourth-order valence-corrected chi connectivity index (χ4v) is 4.18. The lowest BCUT2D eigenvalue weighted by Crippen LogP contribution is -2.50. The molecule has 2 bridgehead atoms. The summed E-state index contributed by atoms with van der Waals surface area (Å²) in [4.78, 5) is 35.5. The Morgan fingerprint density at radius 3 is 2.29 bits per heavy atom. The fourth-order valence-electron chi connectivity index (χ4n) is 4.05. The van der Waals surface area contributed by atoms with Crippen molar-refractivity contribution in [3.8, 4) is 0 Å². The molecule has 0 saturated heterocycles. The summed E-state index contributed by atoms with van der Waals surface area (Å²) in [5.41, 5.74) is 5.49. The van der Waals surface area contributed by atoms with Gasteiger partial charge in [0.1, 0.15) is 0 Å². The molecule has 24 heavy (non-hydrogen) atoms. The molecule has 0 spiro atoms. The number of carboxylic acids is 1. The number of halogens is 1. The number of hydrogen-bond donors (Lipinski definition) is 2. The average Bonchev–Trinajstić information content (AvgIpc) is 3.15. The first-order valence-corrected chi connectivity index (χ1v) is 8.37. The predicted molar refractivity (Wildman–Crippen MR) is 84.3 cm³/mol. The van der Waals surface area contributed by atoms with Crippen LogP contribution < -0.4 is 16.0 Å². The molecule has 2 amide bonds. The number of amides is 2. The average molecular weight is 350 g/mol. The molecular formula is C17H18ClN2O4-. The summed E-state index contributed by atoms with van der Waals surface area (Å²) in [7, 11) is 0. The van der Waals surface area contributed by atoms with Crippen LogP contribution in [0.2, 0.25) is 5.02 Å². The van der Waals surface area contributed by atoms with E-state index in [1.165, 1.54) is 0 Å². The Kier molecular flexibility index (Phi) is 4.76. The molecule has 0 radical (unpaired) electrons. The Hall–Kier alpha value is -2.08. The van der Waals surface area contributed by atoms with Gasteiger partial charge < -0.3 is 9.90 Å². The first-order chi connectivity index (χ1) is 11.5. The molecule has 0 aromatic heterocycles. The van der Waals surface area contributed by atoms with Crippen LogP contribution in [0.1, 0.15) is 24.8 Å². The Morgan fingerprint density at radius 1 is 1.04 bits per heavy atom. The lowest BCUT2D eigenvalue weighted by molar-refractivity contribution is -0.314. The van der Waals surface area contributed by atoms with Crippen molar-refractivity contribution in [2.75, 3.05) is 0 Å². The molecule has 2 N–H and O–H groups in total. The molecular weight excluding hydrogens is 332 g/mol. The van der Waals surface area contributed by atoms with Crippen molar-refractivity contribution in [2.24, 2.45) is 23.7 Å². The first kappa shape index (κ1) is 16.8. The molecule has 1 aromatic rings. The minimum absolute atomic E-state index is 0.0144. The van der Waals surface area contributed by atoms with Crippen molar-refractivity contribution in [1.82, 2.24) is 10.9 Å². The Bertz CT molecular complexity index is 661. The highest BCUT2D eigenvalue weighted by atomic mass is 35.5. The van der Waals surface area contributed by atoms with Gasteiger partial charge in [0.15, 0.2) is 0 Å². The number of hydrazine groups is 1. The van der Waals surface area contributed by atoms with Gasteiger partial charge in [-0.3, -0.25) is 20.4 Å². The van der Waals surface area contributed by atoms with Crippen LogP contribution in [0.5, 0.6) is 0 Å². The summed E-state index contributed by atoms with van der Waals surface area (Å²) < 4.78 is 0. The van der Waals surface area contributed by atoms with Gasteiger partial charge >= 0.3 is 0 Å². The van der Waals surface area contributed by atoms with Gasteiger partial charge in [-0.05, 0) is 48.8 Å². The Labute approximate surface area is 144 Å². The number of hydrogen-bond acceptors (Lipinski definition) is 4. The first-order valence-electron chi connectivity index (χ1n) is 7.99. The zero-order valence-electron chi connectivity index (χ0n) is 13.0. The molecule has 2 aliphatic carbocycles. The standard InChI is InChI=1S/C17H19ClN2O4/c18-12-5-1-9(2-6-12)7-13(21)19-20-16(22)14-10-3-4-11(8-10)15(14)17(23)24/h1-2,5-6,10-11,14-15H,3-4,7-8H2,(H,19,21)(H,20,22)(H,23,24)/p-1/t10-,11-,14+,15-/m0/s1. The number of carbonyl (C=O) groups is 3. The summed E-state index contributed by atoms with van der Waals surface area (Å²) in [5.74, 6) is -3.29. The molecule has 0 heterocycles. The maximum atomic E-state index is 12.3. The highest BCUT2D eigenvalue weighted by molar-refractivity contribution is 6.30. The number of fused-ring (bicyclic) bond motifs is 2. The molecule has 2 fully saturated rings. The summed E-state index contributed by atoms with van der Waals surface area (Å²) in [6, 6.07) is 6.82. The van der Waals surface area contributed by atoms with Gasteiger partial charge in [-0.15, -0.1) is 0 Å². The van der Waals surface area contributed by atoms with E-state index in [1.807, 2.05) is 0 Å². The second-order valence-electron chi connectivity index (χ2n) is 6.54. The summed E-state index contributed by atoms with van der Waals surface area (Å²) >= 11 is 5.78. The molecule has 0 aliphatic heterocycles. The van der Waals surface area contributed by atoms with Crippen LogP contribution in [-0.2, 0) is 20.8 Å². The SMILES string of the molecule is O=C(Cc1ccc(Cl)cc1)NNC(=O)[C@@H]1[C@H]2CC[C@@H](C2)[C@@H]1C(=O)[O-]. The van der Waals surface area contributed by atoms with Gasteiger partial charge in [-0.25, -0.2) is 0 Å². The third-order valence-electron chi connectivity index (χ3n) is 5.09. The number of nitrogens with one attached hydrogen (secondary N) is 2. The van der Waals surface area contributed by atoms with E-state index in [0.29, 0.717) is 5.02 Å². The minimum Gasteiger partial charge on any atom is -0.550 e. The maximum Gasteiger partial charge on any atom is 0.242 e. The molecule has 128 valence electrons. The lowest BCUT2D eigenvalue weighted by Gasteiger charge is -2.30. The van der Waals surface area contributed by atoms with Gasteiger partial charge in [0.2, 0.25) is 11.8 Å². The van der Waals surface area contributed by atoms with Crippen molar-refractivity contribution in [2.45, 2.75) is 25.7 Å². The number of aliphatic carboxylic acids is 1. The van der Waals surface area contributed by atoms with Gasteiger partial charge in [-0.2, -0.15) is 0 Å². The number of carboxylic acid groups (broad SMARTS) is 1. The number of benzene rings is 1. The third kappa shape index (κ3) is 3.38. The molecule has 6 nitrogen and oxygen atoms in total. The largest absolute Gasteiger partial charge is 0.550 e. The zero-order chi connectivity index (χ0) is 17.3. The fraction of sp³-hybridized carbons (Fsp3) is 0.471. The summed E-state index contributed by atoms with van der Waals surface area (Å²) in [6.45, 7) is 0. The van der Waals surface area contributed by atoms with Crippen molar-refractivity contribution in [3.63, 3.8) is 0 Å². The quantitative estimate of drug-likeness (QED) is 0.771. The van der Waals surface area contributed by atoms with Gasteiger partial charge in [0.05, 0.1) is 12.3 Å². The van der Waals surface area contributed by atoms with Crippen LogP contribution in [0.25, 0.3) is 0 Å². The van der Waals surface area contributed by atoms with Gasteiger partial charge in [-0.1, -0.05) is 23.7 Å². The molecule has 2 saturated carbocycles. The van der Waals surface area contributed by atoms with Crippen molar-refractivity contribution < 1.29 is 19.5 Å².